The van der Waals surface area contributed by atoms with Crippen molar-refractivity contribution < 1.29 is 4.74 Å². The molecule has 3 rings (SSSR count). The lowest BCUT2D eigenvalue weighted by Crippen LogP contribution is -2.36. The van der Waals surface area contributed by atoms with E-state index in [9.17, 15) is 0 Å². The van der Waals surface area contributed by atoms with Gasteiger partial charge in [-0.05, 0) is 31.0 Å². The fourth-order valence-electron chi connectivity index (χ4n) is 2.67. The Balaban J connectivity index is 0.000000514. The maximum Gasteiger partial charge on any atom is 0.108 e. The third kappa shape index (κ3) is 2.28. The van der Waals surface area contributed by atoms with E-state index >= 15 is 0 Å². The summed E-state index contributed by atoms with van der Waals surface area (Å²) in [7, 11) is 0. The smallest absolute Gasteiger partial charge is 0.108 e. The molecule has 96 valence electrons. The molecule has 0 bridgehead atoms. The van der Waals surface area contributed by atoms with Crippen LogP contribution in [0.25, 0.3) is 0 Å². The summed E-state index contributed by atoms with van der Waals surface area (Å²) in [5.74, 6) is 0. The summed E-state index contributed by atoms with van der Waals surface area (Å²) in [4.78, 5) is 3.08. The van der Waals surface area contributed by atoms with Crippen LogP contribution in [-0.4, -0.2) is 19.7 Å². The molecule has 0 saturated carbocycles. The predicted octanol–water partition coefficient (Wildman–Crippen LogP) is 3.10. The maximum absolute atomic E-state index is 6.05. The van der Waals surface area contributed by atoms with Gasteiger partial charge >= 0.3 is 0 Å². The molecule has 3 heteroatoms. The number of hydrogen-bond acceptors (Lipinski definition) is 3. The Kier molecular flexibility index (Phi) is 4.23. The van der Waals surface area contributed by atoms with E-state index in [0.717, 1.165) is 39.0 Å². The average Bonchev–Trinajstić information content (AvgIpc) is 3.00. The van der Waals surface area contributed by atoms with Gasteiger partial charge in [-0.25, -0.2) is 0 Å². The summed E-state index contributed by atoms with van der Waals surface area (Å²) >= 11 is 1.99. The zero-order chi connectivity index (χ0) is 12.3. The summed E-state index contributed by atoms with van der Waals surface area (Å²) in [5, 5.41) is 3.43. The van der Waals surface area contributed by atoms with Crippen LogP contribution >= 0.6 is 11.3 Å². The Hall–Kier alpha value is -0.380. The first-order chi connectivity index (χ1) is 8.34. The van der Waals surface area contributed by atoms with Gasteiger partial charge in [0.2, 0.25) is 0 Å². The standard InChI is InChI=1S/C12H17NOS.C2H6/c1-2-9-7-10-11(15-9)3-6-14-12(10)4-5-13-8-12;1-2/h7,13H,2-6,8H2,1H3;1-2H3. The van der Waals surface area contributed by atoms with E-state index in [1.54, 1.807) is 4.88 Å². The van der Waals surface area contributed by atoms with Crippen LogP contribution in [0.15, 0.2) is 6.07 Å². The van der Waals surface area contributed by atoms with Gasteiger partial charge in [0.05, 0.1) is 6.61 Å². The minimum atomic E-state index is 0.0253. The molecule has 17 heavy (non-hydrogen) atoms. The van der Waals surface area contributed by atoms with Crippen molar-refractivity contribution in [2.75, 3.05) is 19.7 Å². The van der Waals surface area contributed by atoms with Crippen LogP contribution in [0.4, 0.5) is 0 Å². The second kappa shape index (κ2) is 5.51. The van der Waals surface area contributed by atoms with Crippen molar-refractivity contribution in [3.8, 4) is 0 Å². The zero-order valence-electron chi connectivity index (χ0n) is 11.1. The molecule has 1 aromatic heterocycles. The first-order valence-electron chi connectivity index (χ1n) is 6.81. The van der Waals surface area contributed by atoms with Gasteiger partial charge in [0.25, 0.3) is 0 Å². The number of aryl methyl sites for hydroxylation is 1. The van der Waals surface area contributed by atoms with Crippen molar-refractivity contribution in [1.29, 1.82) is 0 Å². The topological polar surface area (TPSA) is 21.3 Å². The number of fused-ring (bicyclic) bond motifs is 2. The molecular weight excluding hydrogens is 230 g/mol. The van der Waals surface area contributed by atoms with Gasteiger partial charge in [-0.3, -0.25) is 0 Å². The zero-order valence-corrected chi connectivity index (χ0v) is 12.0. The van der Waals surface area contributed by atoms with Crippen LogP contribution in [0.3, 0.4) is 0 Å². The van der Waals surface area contributed by atoms with Crippen molar-refractivity contribution in [1.82, 2.24) is 5.32 Å². The van der Waals surface area contributed by atoms with Crippen LogP contribution in [0.5, 0.6) is 0 Å². The van der Waals surface area contributed by atoms with Crippen molar-refractivity contribution in [2.24, 2.45) is 0 Å². The molecule has 0 aliphatic carbocycles. The highest BCUT2D eigenvalue weighted by atomic mass is 32.1. The molecule has 1 atom stereocenters. The highest BCUT2D eigenvalue weighted by Gasteiger charge is 2.41. The van der Waals surface area contributed by atoms with Crippen LogP contribution in [0, 0.1) is 0 Å². The van der Waals surface area contributed by atoms with Crippen LogP contribution < -0.4 is 5.32 Å². The molecule has 3 heterocycles. The maximum atomic E-state index is 6.05. The molecule has 2 aliphatic rings. The Morgan fingerprint density at radius 1 is 1.47 bits per heavy atom. The third-order valence-corrected chi connectivity index (χ3v) is 4.86. The lowest BCUT2D eigenvalue weighted by molar-refractivity contribution is -0.0438. The highest BCUT2D eigenvalue weighted by molar-refractivity contribution is 7.12. The molecule has 1 N–H and O–H groups in total. The molecule has 1 aromatic rings. The highest BCUT2D eigenvalue weighted by Crippen LogP contribution is 2.41. The minimum Gasteiger partial charge on any atom is -0.368 e. The minimum absolute atomic E-state index is 0.0253. The second-order valence-electron chi connectivity index (χ2n) is 4.42. The molecule has 1 unspecified atom stereocenters. The summed E-state index contributed by atoms with van der Waals surface area (Å²) in [6.07, 6.45) is 3.41. The molecule has 0 radical (unpaired) electrons. The van der Waals surface area contributed by atoms with Gasteiger partial charge in [-0.15, -0.1) is 11.3 Å². The van der Waals surface area contributed by atoms with Gasteiger partial charge in [0.1, 0.15) is 5.60 Å². The van der Waals surface area contributed by atoms with E-state index in [1.807, 2.05) is 25.2 Å². The average molecular weight is 253 g/mol. The predicted molar refractivity (Wildman–Crippen MR) is 73.9 cm³/mol. The van der Waals surface area contributed by atoms with Gasteiger partial charge in [-0.2, -0.15) is 0 Å². The molecular formula is C14H23NOS. The molecule has 1 spiro atoms. The van der Waals surface area contributed by atoms with E-state index in [2.05, 4.69) is 18.3 Å². The summed E-state index contributed by atoms with van der Waals surface area (Å²) in [5.41, 5.74) is 1.51. The lowest BCUT2D eigenvalue weighted by Gasteiger charge is -2.33. The van der Waals surface area contributed by atoms with Gasteiger partial charge in [0.15, 0.2) is 0 Å². The molecule has 0 amide bonds. The number of thiophene rings is 1. The summed E-state index contributed by atoms with van der Waals surface area (Å²) in [6, 6.07) is 2.38. The third-order valence-electron chi connectivity index (χ3n) is 3.52. The first kappa shape index (κ1) is 13.1. The SMILES string of the molecule is CC.CCc1cc2c(s1)CCOC21CCNC1. The number of ether oxygens (including phenoxy) is 1. The lowest BCUT2D eigenvalue weighted by atomic mass is 9.90. The van der Waals surface area contributed by atoms with Crippen molar-refractivity contribution in [2.45, 2.75) is 45.6 Å². The Labute approximate surface area is 108 Å². The summed E-state index contributed by atoms with van der Waals surface area (Å²) < 4.78 is 6.05. The number of rotatable bonds is 1. The van der Waals surface area contributed by atoms with Crippen molar-refractivity contribution in [3.05, 3.63) is 21.4 Å². The largest absolute Gasteiger partial charge is 0.368 e. The second-order valence-corrected chi connectivity index (χ2v) is 5.64. The van der Waals surface area contributed by atoms with Gasteiger partial charge < -0.3 is 10.1 Å². The Bertz CT molecular complexity index is 366. The van der Waals surface area contributed by atoms with E-state index in [0.29, 0.717) is 0 Å². The fourth-order valence-corrected chi connectivity index (χ4v) is 3.85. The molecule has 2 nitrogen and oxygen atoms in total. The van der Waals surface area contributed by atoms with E-state index in [1.165, 1.54) is 10.4 Å². The normalized spacial score (nSPS) is 26.5. The molecule has 2 aliphatic heterocycles. The monoisotopic (exact) mass is 253 g/mol. The Morgan fingerprint density at radius 2 is 2.29 bits per heavy atom. The quantitative estimate of drug-likeness (QED) is 0.830. The number of nitrogens with one attached hydrogen (secondary N) is 1. The summed E-state index contributed by atoms with van der Waals surface area (Å²) in [6.45, 7) is 9.23. The van der Waals surface area contributed by atoms with E-state index < -0.39 is 0 Å². The van der Waals surface area contributed by atoms with Gasteiger partial charge in [-0.1, -0.05) is 20.8 Å². The molecule has 1 saturated heterocycles. The van der Waals surface area contributed by atoms with Crippen LogP contribution in [-0.2, 0) is 23.2 Å². The molecule has 1 fully saturated rings. The van der Waals surface area contributed by atoms with Crippen LogP contribution in [0.2, 0.25) is 0 Å². The fraction of sp³-hybridized carbons (Fsp3) is 0.714. The molecule has 0 aromatic carbocycles. The number of hydrogen-bond donors (Lipinski definition) is 1. The van der Waals surface area contributed by atoms with Gasteiger partial charge in [0, 0.05) is 22.7 Å². The van der Waals surface area contributed by atoms with Crippen molar-refractivity contribution >= 4 is 11.3 Å². The Morgan fingerprint density at radius 3 is 2.94 bits per heavy atom. The van der Waals surface area contributed by atoms with E-state index in [4.69, 9.17) is 4.74 Å². The van der Waals surface area contributed by atoms with Crippen molar-refractivity contribution in [3.63, 3.8) is 0 Å². The first-order valence-corrected chi connectivity index (χ1v) is 7.62. The van der Waals surface area contributed by atoms with E-state index in [-0.39, 0.29) is 5.60 Å². The van der Waals surface area contributed by atoms with Crippen LogP contribution in [0.1, 0.15) is 42.5 Å².